The molecule has 5 unspecified atom stereocenters. The molecule has 0 fully saturated rings. The van der Waals surface area contributed by atoms with Crippen LogP contribution in [-0.2, 0) is 25.6 Å². The smallest absolute Gasteiger partial charge is 0.328 e. The number of unbranched alkanes of at least 4 members (excludes halogenated alkanes) is 1. The number of amides is 3. The highest BCUT2D eigenvalue weighted by atomic mass is 16.4. The molecular formula is C22H35N5O8. The number of rotatable bonds is 15. The second-order valence-electron chi connectivity index (χ2n) is 8.13. The Morgan fingerprint density at radius 1 is 0.943 bits per heavy atom. The van der Waals surface area contributed by atoms with Gasteiger partial charge in [-0.25, -0.2) is 4.79 Å². The summed E-state index contributed by atoms with van der Waals surface area (Å²) in [5.41, 5.74) is 11.9. The van der Waals surface area contributed by atoms with Crippen LogP contribution in [0.4, 0.5) is 0 Å². The van der Waals surface area contributed by atoms with Gasteiger partial charge in [0.25, 0.3) is 0 Å². The largest absolute Gasteiger partial charge is 0.508 e. The van der Waals surface area contributed by atoms with Gasteiger partial charge in [0.15, 0.2) is 0 Å². The Labute approximate surface area is 202 Å². The lowest BCUT2D eigenvalue weighted by atomic mass is 10.0. The Balaban J connectivity index is 3.04. The van der Waals surface area contributed by atoms with Gasteiger partial charge < -0.3 is 47.8 Å². The molecular weight excluding hydrogens is 462 g/mol. The Kier molecular flexibility index (Phi) is 12.7. The average Bonchev–Trinajstić information content (AvgIpc) is 2.81. The maximum Gasteiger partial charge on any atom is 0.328 e. The maximum atomic E-state index is 13.1. The molecule has 0 saturated heterocycles. The quantitative estimate of drug-likeness (QED) is 0.114. The van der Waals surface area contributed by atoms with Gasteiger partial charge in [-0.3, -0.25) is 14.4 Å². The van der Waals surface area contributed by atoms with Crippen molar-refractivity contribution in [2.24, 2.45) is 11.5 Å². The molecule has 196 valence electrons. The average molecular weight is 498 g/mol. The zero-order chi connectivity index (χ0) is 26.5. The monoisotopic (exact) mass is 497 g/mol. The summed E-state index contributed by atoms with van der Waals surface area (Å²) in [7, 11) is 0. The number of carbonyl (C=O) groups excluding carboxylic acids is 3. The van der Waals surface area contributed by atoms with Crippen LogP contribution in [0.1, 0.15) is 31.7 Å². The van der Waals surface area contributed by atoms with Crippen LogP contribution in [0.15, 0.2) is 24.3 Å². The van der Waals surface area contributed by atoms with Crippen LogP contribution in [0.2, 0.25) is 0 Å². The number of phenols is 1. The number of nitrogens with two attached hydrogens (primary N) is 2. The number of hydrogen-bond acceptors (Lipinski definition) is 9. The van der Waals surface area contributed by atoms with Gasteiger partial charge in [0.05, 0.1) is 18.8 Å². The zero-order valence-electron chi connectivity index (χ0n) is 19.5. The van der Waals surface area contributed by atoms with Gasteiger partial charge >= 0.3 is 5.97 Å². The van der Waals surface area contributed by atoms with Crippen LogP contribution < -0.4 is 27.4 Å². The Hall–Kier alpha value is -3.26. The van der Waals surface area contributed by atoms with Gasteiger partial charge in [-0.15, -0.1) is 0 Å². The second kappa shape index (κ2) is 14.9. The molecule has 1 aromatic carbocycles. The highest BCUT2D eigenvalue weighted by Crippen LogP contribution is 2.12. The van der Waals surface area contributed by atoms with E-state index in [4.69, 9.17) is 21.7 Å². The topological polar surface area (TPSA) is 237 Å². The number of benzene rings is 1. The Morgan fingerprint density at radius 3 is 2.06 bits per heavy atom. The number of carboxylic acid groups (broad SMARTS) is 1. The molecule has 13 nitrogen and oxygen atoms in total. The number of carboxylic acids is 1. The number of carbonyl (C=O) groups is 4. The van der Waals surface area contributed by atoms with Gasteiger partial charge in [0.2, 0.25) is 17.7 Å². The SMILES string of the molecule is CC(O)C(NC(=O)C(Cc1ccc(O)cc1)NC(=O)C(N)CCCCN)C(=O)NC(CO)C(=O)O. The van der Waals surface area contributed by atoms with Gasteiger partial charge in [-0.1, -0.05) is 18.6 Å². The summed E-state index contributed by atoms with van der Waals surface area (Å²) in [6.45, 7) is 0.755. The molecule has 11 N–H and O–H groups in total. The van der Waals surface area contributed by atoms with E-state index in [1.165, 1.54) is 19.1 Å². The number of phenolic OH excluding ortho intramolecular Hbond substituents is 1. The Morgan fingerprint density at radius 2 is 1.54 bits per heavy atom. The third-order valence-corrected chi connectivity index (χ3v) is 5.17. The predicted octanol–water partition coefficient (Wildman–Crippen LogP) is -2.70. The van der Waals surface area contributed by atoms with Crippen molar-refractivity contribution in [3.8, 4) is 5.75 Å². The summed E-state index contributed by atoms with van der Waals surface area (Å²) in [6.07, 6.45) is 0.160. The first-order valence-corrected chi connectivity index (χ1v) is 11.2. The predicted molar refractivity (Wildman–Crippen MR) is 125 cm³/mol. The second-order valence-corrected chi connectivity index (χ2v) is 8.13. The van der Waals surface area contributed by atoms with Crippen molar-refractivity contribution in [3.05, 3.63) is 29.8 Å². The van der Waals surface area contributed by atoms with Crippen LogP contribution in [0.3, 0.4) is 0 Å². The summed E-state index contributed by atoms with van der Waals surface area (Å²) < 4.78 is 0. The maximum absolute atomic E-state index is 13.1. The summed E-state index contributed by atoms with van der Waals surface area (Å²) in [5.74, 6) is -3.98. The first kappa shape index (κ1) is 29.8. The molecule has 1 aromatic rings. The van der Waals surface area contributed by atoms with Crippen molar-refractivity contribution in [2.75, 3.05) is 13.2 Å². The first-order valence-electron chi connectivity index (χ1n) is 11.2. The fourth-order valence-electron chi connectivity index (χ4n) is 3.10. The summed E-state index contributed by atoms with van der Waals surface area (Å²) in [4.78, 5) is 49.2. The van der Waals surface area contributed by atoms with E-state index in [0.717, 1.165) is 0 Å². The molecule has 0 aliphatic rings. The van der Waals surface area contributed by atoms with E-state index in [1.54, 1.807) is 12.1 Å². The fraction of sp³-hybridized carbons (Fsp3) is 0.545. The van der Waals surface area contributed by atoms with Crippen molar-refractivity contribution < 1.29 is 39.6 Å². The molecule has 1 rings (SSSR count). The number of aliphatic hydroxyl groups is 2. The number of aliphatic carboxylic acids is 1. The molecule has 13 heteroatoms. The molecule has 0 spiro atoms. The molecule has 35 heavy (non-hydrogen) atoms. The minimum Gasteiger partial charge on any atom is -0.508 e. The first-order chi connectivity index (χ1) is 16.5. The standard InChI is InChI=1S/C22H35N5O8/c1-12(29)18(21(33)26-17(11-28)22(34)35)27-20(32)16(10-13-5-7-14(30)8-6-13)25-19(31)15(24)4-2-3-9-23/h5-8,12,15-18,28-30H,2-4,9-11,23-24H2,1H3,(H,25,31)(H,26,33)(H,27,32)(H,34,35). The van der Waals surface area contributed by atoms with Crippen LogP contribution in [-0.4, -0.2) is 87.5 Å². The van der Waals surface area contributed by atoms with Gasteiger partial charge in [0, 0.05) is 6.42 Å². The molecule has 0 radical (unpaired) electrons. The van der Waals surface area contributed by atoms with E-state index >= 15 is 0 Å². The lowest BCUT2D eigenvalue weighted by Crippen LogP contribution is -2.60. The normalized spacial score (nSPS) is 15.2. The number of aliphatic hydroxyl groups excluding tert-OH is 2. The van der Waals surface area contributed by atoms with Gasteiger partial charge in [-0.05, 0) is 44.0 Å². The van der Waals surface area contributed by atoms with E-state index in [1.807, 2.05) is 5.32 Å². The van der Waals surface area contributed by atoms with Crippen molar-refractivity contribution in [1.82, 2.24) is 16.0 Å². The Bertz CT molecular complexity index is 849. The number of aromatic hydroxyl groups is 1. The molecule has 0 aliphatic heterocycles. The number of nitrogens with one attached hydrogen (secondary N) is 3. The van der Waals surface area contributed by atoms with Gasteiger partial charge in [0.1, 0.15) is 23.9 Å². The van der Waals surface area contributed by atoms with Crippen LogP contribution >= 0.6 is 0 Å². The molecule has 0 aliphatic carbocycles. The highest BCUT2D eigenvalue weighted by molar-refractivity contribution is 5.94. The molecule has 0 saturated carbocycles. The van der Waals surface area contributed by atoms with E-state index < -0.39 is 60.6 Å². The van der Waals surface area contributed by atoms with Crippen molar-refractivity contribution in [3.63, 3.8) is 0 Å². The zero-order valence-corrected chi connectivity index (χ0v) is 19.5. The summed E-state index contributed by atoms with van der Waals surface area (Å²) in [5, 5.41) is 44.5. The van der Waals surface area contributed by atoms with Crippen molar-refractivity contribution in [1.29, 1.82) is 0 Å². The van der Waals surface area contributed by atoms with Crippen LogP contribution in [0, 0.1) is 0 Å². The van der Waals surface area contributed by atoms with Crippen molar-refractivity contribution in [2.45, 2.75) is 62.9 Å². The van der Waals surface area contributed by atoms with Gasteiger partial charge in [-0.2, -0.15) is 0 Å². The van der Waals surface area contributed by atoms with Crippen LogP contribution in [0.25, 0.3) is 0 Å². The van der Waals surface area contributed by atoms with Crippen LogP contribution in [0.5, 0.6) is 5.75 Å². The lowest BCUT2D eigenvalue weighted by molar-refractivity contribution is -0.144. The molecule has 5 atom stereocenters. The molecule has 0 aromatic heterocycles. The van der Waals surface area contributed by atoms with E-state index in [9.17, 15) is 29.4 Å². The molecule has 3 amide bonds. The third kappa shape index (κ3) is 10.3. The molecule has 0 heterocycles. The third-order valence-electron chi connectivity index (χ3n) is 5.17. The fourth-order valence-corrected chi connectivity index (χ4v) is 3.10. The summed E-state index contributed by atoms with van der Waals surface area (Å²) >= 11 is 0. The number of hydrogen-bond donors (Lipinski definition) is 9. The van der Waals surface area contributed by atoms with E-state index in [2.05, 4.69) is 10.6 Å². The van der Waals surface area contributed by atoms with E-state index in [-0.39, 0.29) is 12.2 Å². The summed E-state index contributed by atoms with van der Waals surface area (Å²) in [6, 6.07) is 0.548. The minimum absolute atomic E-state index is 0.00317. The highest BCUT2D eigenvalue weighted by Gasteiger charge is 2.32. The lowest BCUT2D eigenvalue weighted by Gasteiger charge is -2.26. The molecule has 0 bridgehead atoms. The van der Waals surface area contributed by atoms with Crippen molar-refractivity contribution >= 4 is 23.7 Å². The minimum atomic E-state index is -1.64. The van der Waals surface area contributed by atoms with E-state index in [0.29, 0.717) is 31.4 Å².